The van der Waals surface area contributed by atoms with Gasteiger partial charge in [0.25, 0.3) is 0 Å². The van der Waals surface area contributed by atoms with E-state index in [-0.39, 0.29) is 62.9 Å². The Hall–Kier alpha value is -1.42. The molecule has 246 valence electrons. The van der Waals surface area contributed by atoms with Crippen LogP contribution in [-0.4, -0.2) is 75.7 Å². The quantitative estimate of drug-likeness (QED) is 0.0576. The second-order valence-corrected chi connectivity index (χ2v) is 12.3. The number of unbranched alkanes of at least 4 members (excludes halogenated alkanes) is 4. The lowest BCUT2D eigenvalue weighted by Gasteiger charge is -2.34. The first-order valence-electron chi connectivity index (χ1n) is 15.4. The first-order valence-corrected chi connectivity index (χ1v) is 16.8. The molecular formula is C29H56N3O9P. The number of rotatable bonds is 30. The van der Waals surface area contributed by atoms with Crippen LogP contribution >= 0.6 is 7.82 Å². The van der Waals surface area contributed by atoms with E-state index in [9.17, 15) is 19.3 Å². The number of phosphoric acid groups is 1. The predicted octanol–water partition coefficient (Wildman–Crippen LogP) is 4.56. The molecule has 42 heavy (non-hydrogen) atoms. The zero-order valence-electron chi connectivity index (χ0n) is 25.9. The van der Waals surface area contributed by atoms with Crippen molar-refractivity contribution in [3.8, 4) is 6.07 Å². The Morgan fingerprint density at radius 3 is 2.12 bits per heavy atom. The normalized spacial score (nSPS) is 13.8. The lowest BCUT2D eigenvalue weighted by molar-refractivity contribution is -0.144. The SMILES string of the molecule is CCCCC(CCCN)(CCCN)COCC(CO)OP(=O)(OCCC#N)OCCCCCCOC(=O)CCC(C)=O. The Labute approximate surface area is 252 Å². The van der Waals surface area contributed by atoms with Gasteiger partial charge in [-0.15, -0.1) is 0 Å². The summed E-state index contributed by atoms with van der Waals surface area (Å²) in [5.74, 6) is -0.440. The van der Waals surface area contributed by atoms with Crippen LogP contribution in [0.15, 0.2) is 0 Å². The van der Waals surface area contributed by atoms with Gasteiger partial charge in [-0.2, -0.15) is 5.26 Å². The molecule has 2 unspecified atom stereocenters. The van der Waals surface area contributed by atoms with Crippen LogP contribution in [0.4, 0.5) is 0 Å². The number of ketones is 1. The Bertz CT molecular complexity index is 773. The van der Waals surface area contributed by atoms with Gasteiger partial charge >= 0.3 is 13.8 Å². The number of carbonyl (C=O) groups is 2. The molecule has 0 aromatic rings. The minimum absolute atomic E-state index is 0.00424. The molecule has 0 aliphatic heterocycles. The number of ether oxygens (including phenoxy) is 2. The molecule has 0 rings (SSSR count). The molecule has 13 heteroatoms. The van der Waals surface area contributed by atoms with Crippen molar-refractivity contribution in [3.63, 3.8) is 0 Å². The van der Waals surface area contributed by atoms with Gasteiger partial charge in [0.05, 0.1) is 58.6 Å². The largest absolute Gasteiger partial charge is 0.475 e. The molecule has 5 N–H and O–H groups in total. The van der Waals surface area contributed by atoms with Crippen LogP contribution in [0.3, 0.4) is 0 Å². The van der Waals surface area contributed by atoms with Crippen LogP contribution in [0.5, 0.6) is 0 Å². The molecule has 0 bridgehead atoms. The molecule has 0 aromatic heterocycles. The summed E-state index contributed by atoms with van der Waals surface area (Å²) in [4.78, 5) is 22.5. The maximum Gasteiger partial charge on any atom is 0.475 e. The molecule has 0 radical (unpaired) electrons. The number of aliphatic hydroxyl groups is 1. The number of carbonyl (C=O) groups excluding carboxylic acids is 2. The van der Waals surface area contributed by atoms with Crippen molar-refractivity contribution in [3.05, 3.63) is 0 Å². The molecule has 0 aromatic carbocycles. The maximum absolute atomic E-state index is 13.3. The summed E-state index contributed by atoms with van der Waals surface area (Å²) in [5, 5.41) is 18.8. The van der Waals surface area contributed by atoms with Crippen molar-refractivity contribution in [2.45, 2.75) is 110 Å². The van der Waals surface area contributed by atoms with Crippen LogP contribution in [0.2, 0.25) is 0 Å². The van der Waals surface area contributed by atoms with E-state index in [1.54, 1.807) is 0 Å². The summed E-state index contributed by atoms with van der Waals surface area (Å²) >= 11 is 0. The molecule has 0 spiro atoms. The summed E-state index contributed by atoms with van der Waals surface area (Å²) in [7, 11) is -4.07. The number of nitrogens with zero attached hydrogens (tertiary/aromatic N) is 1. The number of nitriles is 1. The van der Waals surface area contributed by atoms with E-state index >= 15 is 0 Å². The highest BCUT2D eigenvalue weighted by Gasteiger charge is 2.33. The molecule has 0 aliphatic rings. The van der Waals surface area contributed by atoms with Gasteiger partial charge < -0.3 is 30.8 Å². The lowest BCUT2D eigenvalue weighted by Crippen LogP contribution is -2.32. The van der Waals surface area contributed by atoms with Gasteiger partial charge in [0.2, 0.25) is 0 Å². The van der Waals surface area contributed by atoms with Crippen molar-refractivity contribution in [1.82, 2.24) is 0 Å². The molecule has 0 saturated carbocycles. The van der Waals surface area contributed by atoms with Crippen molar-refractivity contribution >= 4 is 19.6 Å². The van der Waals surface area contributed by atoms with Crippen molar-refractivity contribution in [1.29, 1.82) is 5.26 Å². The van der Waals surface area contributed by atoms with E-state index in [4.69, 9.17) is 39.8 Å². The predicted molar refractivity (Wildman–Crippen MR) is 160 cm³/mol. The number of Topliss-reactive ketones (excluding diaryl/α,β-unsaturated/α-hetero) is 1. The number of aliphatic hydroxyl groups excluding tert-OH is 1. The highest BCUT2D eigenvalue weighted by molar-refractivity contribution is 7.48. The van der Waals surface area contributed by atoms with Crippen LogP contribution in [0, 0.1) is 16.7 Å². The summed E-state index contributed by atoms with van der Waals surface area (Å²) in [6.07, 6.45) is 8.69. The molecular weight excluding hydrogens is 565 g/mol. The Morgan fingerprint density at radius 2 is 1.55 bits per heavy atom. The number of hydrogen-bond donors (Lipinski definition) is 3. The topological polar surface area (TPSA) is 193 Å². The molecule has 0 fully saturated rings. The highest BCUT2D eigenvalue weighted by atomic mass is 31.2. The van der Waals surface area contributed by atoms with E-state index in [2.05, 4.69) is 6.92 Å². The summed E-state index contributed by atoms with van der Waals surface area (Å²) in [6, 6.07) is 1.92. The van der Waals surface area contributed by atoms with Crippen molar-refractivity contribution in [2.24, 2.45) is 16.9 Å². The minimum atomic E-state index is -4.07. The average Bonchev–Trinajstić information content (AvgIpc) is 2.97. The average molecular weight is 622 g/mol. The first kappa shape index (κ1) is 40.6. The molecule has 12 nitrogen and oxygen atoms in total. The smallest absolute Gasteiger partial charge is 0.466 e. The number of phosphoric ester groups is 1. The fourth-order valence-electron chi connectivity index (χ4n) is 4.37. The molecule has 0 saturated heterocycles. The van der Waals surface area contributed by atoms with Gasteiger partial charge in [0.1, 0.15) is 11.9 Å². The number of esters is 1. The first-order chi connectivity index (χ1) is 20.2. The van der Waals surface area contributed by atoms with E-state index in [0.717, 1.165) is 57.8 Å². The summed E-state index contributed by atoms with van der Waals surface area (Å²) in [6.45, 7) is 4.97. The van der Waals surface area contributed by atoms with E-state index in [0.29, 0.717) is 32.5 Å². The molecule has 0 aliphatic carbocycles. The third-order valence-electron chi connectivity index (χ3n) is 6.77. The second-order valence-electron chi connectivity index (χ2n) is 10.7. The van der Waals surface area contributed by atoms with Gasteiger partial charge in [-0.05, 0) is 76.8 Å². The molecule has 0 heterocycles. The third kappa shape index (κ3) is 21.3. The van der Waals surface area contributed by atoms with Gasteiger partial charge in [-0.1, -0.05) is 26.2 Å². The Kier molecular flexibility index (Phi) is 25.1. The molecule has 0 amide bonds. The monoisotopic (exact) mass is 621 g/mol. The van der Waals surface area contributed by atoms with Crippen molar-refractivity contribution < 1.29 is 42.3 Å². The number of nitrogens with two attached hydrogens (primary N) is 2. The summed E-state index contributed by atoms with van der Waals surface area (Å²) in [5.41, 5.74) is 11.5. The van der Waals surface area contributed by atoms with E-state index < -0.39 is 20.5 Å². The van der Waals surface area contributed by atoms with Crippen LogP contribution in [0.25, 0.3) is 0 Å². The highest BCUT2D eigenvalue weighted by Crippen LogP contribution is 2.51. The van der Waals surface area contributed by atoms with Gasteiger partial charge in [-0.3, -0.25) is 18.4 Å². The van der Waals surface area contributed by atoms with Gasteiger partial charge in [-0.25, -0.2) is 4.57 Å². The Balaban J connectivity index is 4.84. The minimum Gasteiger partial charge on any atom is -0.466 e. The Morgan fingerprint density at radius 1 is 0.929 bits per heavy atom. The third-order valence-corrected chi connectivity index (χ3v) is 8.33. The fraction of sp³-hybridized carbons (Fsp3) is 0.897. The van der Waals surface area contributed by atoms with Crippen LogP contribution in [0.1, 0.15) is 104 Å². The zero-order chi connectivity index (χ0) is 31.5. The fourth-order valence-corrected chi connectivity index (χ4v) is 5.73. The molecule has 2 atom stereocenters. The summed E-state index contributed by atoms with van der Waals surface area (Å²) < 4.78 is 40.9. The number of hydrogen-bond acceptors (Lipinski definition) is 12. The lowest BCUT2D eigenvalue weighted by atomic mass is 9.75. The van der Waals surface area contributed by atoms with Crippen LogP contribution < -0.4 is 11.5 Å². The van der Waals surface area contributed by atoms with Crippen LogP contribution in [-0.2, 0) is 37.2 Å². The van der Waals surface area contributed by atoms with Gasteiger partial charge in [0.15, 0.2) is 0 Å². The maximum atomic E-state index is 13.3. The standard InChI is InChI=1S/C29H56N3O9P/c1-3-4-14-29(15-9-17-30,16-10-18-31)25-37-24-27(23-33)41-42(36,40-22-11-19-32)39-21-8-6-5-7-20-38-28(35)13-12-26(2)34/h27,33H,3-18,20-25,30-31H2,1-2H3. The van der Waals surface area contributed by atoms with E-state index in [1.807, 2.05) is 6.07 Å². The zero-order valence-corrected chi connectivity index (χ0v) is 26.8. The van der Waals surface area contributed by atoms with Crippen molar-refractivity contribution in [2.75, 3.05) is 52.7 Å². The second kappa shape index (κ2) is 26.0. The van der Waals surface area contributed by atoms with E-state index in [1.165, 1.54) is 6.92 Å². The van der Waals surface area contributed by atoms with Gasteiger partial charge in [0, 0.05) is 6.42 Å².